The first kappa shape index (κ1) is 17.2. The standard InChI is InChI=1S/C17H27N5O/c1-13-7-6-10-15(20-13)22-16(23)11-12-19-17(18-2)21-14-8-4-3-5-9-14/h6-7,10,14H,3-5,8-9,11-12H2,1-2H3,(H2,18,19,21)(H,20,22,23). The summed E-state index contributed by atoms with van der Waals surface area (Å²) in [6, 6.07) is 6.08. The lowest BCUT2D eigenvalue weighted by Gasteiger charge is -2.24. The lowest BCUT2D eigenvalue weighted by molar-refractivity contribution is -0.116. The molecule has 6 heteroatoms. The Morgan fingerprint density at radius 1 is 1.30 bits per heavy atom. The van der Waals surface area contributed by atoms with E-state index in [1.807, 2.05) is 19.1 Å². The van der Waals surface area contributed by atoms with Crippen LogP contribution >= 0.6 is 0 Å². The summed E-state index contributed by atoms with van der Waals surface area (Å²) in [6.07, 6.45) is 6.65. The van der Waals surface area contributed by atoms with Gasteiger partial charge >= 0.3 is 0 Å². The predicted molar refractivity (Wildman–Crippen MR) is 93.6 cm³/mol. The van der Waals surface area contributed by atoms with Crippen LogP contribution in [0.4, 0.5) is 5.82 Å². The molecule has 3 N–H and O–H groups in total. The molecule has 0 aliphatic heterocycles. The van der Waals surface area contributed by atoms with E-state index in [4.69, 9.17) is 0 Å². The summed E-state index contributed by atoms with van der Waals surface area (Å²) < 4.78 is 0. The Morgan fingerprint density at radius 3 is 2.78 bits per heavy atom. The first-order valence-electron chi connectivity index (χ1n) is 8.38. The van der Waals surface area contributed by atoms with Crippen LogP contribution in [-0.2, 0) is 4.79 Å². The summed E-state index contributed by atoms with van der Waals surface area (Å²) in [5, 5.41) is 9.44. The van der Waals surface area contributed by atoms with Crippen molar-refractivity contribution in [2.75, 3.05) is 18.9 Å². The minimum absolute atomic E-state index is 0.0521. The number of nitrogens with zero attached hydrogens (tertiary/aromatic N) is 2. The van der Waals surface area contributed by atoms with Gasteiger partial charge in [0.05, 0.1) is 0 Å². The number of pyridine rings is 1. The van der Waals surface area contributed by atoms with Crippen molar-refractivity contribution in [3.05, 3.63) is 23.9 Å². The Kier molecular flexibility index (Phi) is 6.84. The van der Waals surface area contributed by atoms with Crippen molar-refractivity contribution in [3.63, 3.8) is 0 Å². The van der Waals surface area contributed by atoms with Gasteiger partial charge in [-0.15, -0.1) is 0 Å². The molecule has 1 fully saturated rings. The van der Waals surface area contributed by atoms with E-state index >= 15 is 0 Å². The van der Waals surface area contributed by atoms with Gasteiger partial charge in [-0.1, -0.05) is 25.3 Å². The molecule has 0 radical (unpaired) electrons. The van der Waals surface area contributed by atoms with Crippen LogP contribution in [-0.4, -0.2) is 36.5 Å². The van der Waals surface area contributed by atoms with Crippen LogP contribution in [0.2, 0.25) is 0 Å². The zero-order valence-electron chi connectivity index (χ0n) is 14.1. The molecule has 1 aliphatic carbocycles. The van der Waals surface area contributed by atoms with Crippen molar-refractivity contribution in [2.45, 2.75) is 51.5 Å². The SMILES string of the molecule is CN=C(NCCC(=O)Nc1cccc(C)n1)NC1CCCCC1. The lowest BCUT2D eigenvalue weighted by Crippen LogP contribution is -2.44. The van der Waals surface area contributed by atoms with Crippen molar-refractivity contribution in [1.29, 1.82) is 0 Å². The minimum Gasteiger partial charge on any atom is -0.356 e. The number of anilines is 1. The van der Waals surface area contributed by atoms with Crippen LogP contribution in [0, 0.1) is 6.92 Å². The number of aromatic nitrogens is 1. The molecule has 1 heterocycles. The summed E-state index contributed by atoms with van der Waals surface area (Å²) in [6.45, 7) is 2.45. The highest BCUT2D eigenvalue weighted by molar-refractivity contribution is 5.90. The van der Waals surface area contributed by atoms with Crippen LogP contribution in [0.3, 0.4) is 0 Å². The summed E-state index contributed by atoms with van der Waals surface area (Å²) in [7, 11) is 1.76. The average molecular weight is 317 g/mol. The number of guanidine groups is 1. The molecular weight excluding hydrogens is 290 g/mol. The third-order valence-corrected chi connectivity index (χ3v) is 3.97. The summed E-state index contributed by atoms with van der Waals surface area (Å²) in [5.74, 6) is 1.32. The van der Waals surface area contributed by atoms with Gasteiger partial charge in [0.15, 0.2) is 5.96 Å². The number of nitrogens with one attached hydrogen (secondary N) is 3. The fraction of sp³-hybridized carbons (Fsp3) is 0.588. The molecule has 1 aliphatic rings. The molecular formula is C17H27N5O. The Hall–Kier alpha value is -2.11. The molecule has 0 atom stereocenters. The van der Waals surface area contributed by atoms with E-state index in [0.29, 0.717) is 24.8 Å². The second kappa shape index (κ2) is 9.12. The quantitative estimate of drug-likeness (QED) is 0.575. The van der Waals surface area contributed by atoms with E-state index in [1.54, 1.807) is 13.1 Å². The second-order valence-electron chi connectivity index (χ2n) is 5.94. The predicted octanol–water partition coefficient (Wildman–Crippen LogP) is 2.22. The summed E-state index contributed by atoms with van der Waals surface area (Å²) in [5.41, 5.74) is 0.887. The van der Waals surface area contributed by atoms with Crippen molar-refractivity contribution in [1.82, 2.24) is 15.6 Å². The molecule has 126 valence electrons. The first-order chi connectivity index (χ1) is 11.2. The van der Waals surface area contributed by atoms with Gasteiger partial charge in [-0.3, -0.25) is 9.79 Å². The lowest BCUT2D eigenvalue weighted by atomic mass is 9.96. The molecule has 1 aromatic heterocycles. The topological polar surface area (TPSA) is 78.4 Å². The number of carbonyl (C=O) groups is 1. The summed E-state index contributed by atoms with van der Waals surface area (Å²) in [4.78, 5) is 20.4. The van der Waals surface area contributed by atoms with Gasteiger partial charge in [0, 0.05) is 31.7 Å². The van der Waals surface area contributed by atoms with Gasteiger partial charge in [-0.25, -0.2) is 4.98 Å². The van der Waals surface area contributed by atoms with E-state index in [0.717, 1.165) is 11.7 Å². The van der Waals surface area contributed by atoms with Gasteiger partial charge in [0.25, 0.3) is 0 Å². The van der Waals surface area contributed by atoms with Gasteiger partial charge in [0.1, 0.15) is 5.82 Å². The van der Waals surface area contributed by atoms with Crippen LogP contribution in [0.5, 0.6) is 0 Å². The molecule has 0 aromatic carbocycles. The fourth-order valence-corrected chi connectivity index (χ4v) is 2.75. The Labute approximate surface area is 138 Å². The van der Waals surface area contributed by atoms with Gasteiger partial charge in [0.2, 0.25) is 5.91 Å². The van der Waals surface area contributed by atoms with Crippen molar-refractivity contribution in [3.8, 4) is 0 Å². The zero-order valence-corrected chi connectivity index (χ0v) is 14.1. The van der Waals surface area contributed by atoms with Crippen LogP contribution in [0.15, 0.2) is 23.2 Å². The molecule has 0 saturated heterocycles. The van der Waals surface area contributed by atoms with Crippen molar-refractivity contribution >= 4 is 17.7 Å². The second-order valence-corrected chi connectivity index (χ2v) is 5.94. The minimum atomic E-state index is -0.0521. The molecule has 6 nitrogen and oxygen atoms in total. The maximum absolute atomic E-state index is 11.9. The van der Waals surface area contributed by atoms with Crippen LogP contribution in [0.25, 0.3) is 0 Å². The third-order valence-electron chi connectivity index (χ3n) is 3.97. The molecule has 0 bridgehead atoms. The van der Waals surface area contributed by atoms with Crippen LogP contribution < -0.4 is 16.0 Å². The maximum Gasteiger partial charge on any atom is 0.227 e. The number of hydrogen-bond donors (Lipinski definition) is 3. The zero-order chi connectivity index (χ0) is 16.5. The van der Waals surface area contributed by atoms with E-state index in [9.17, 15) is 4.79 Å². The van der Waals surface area contributed by atoms with Crippen molar-refractivity contribution in [2.24, 2.45) is 4.99 Å². The normalized spacial score (nSPS) is 16.0. The number of hydrogen-bond acceptors (Lipinski definition) is 3. The van der Waals surface area contributed by atoms with Gasteiger partial charge in [-0.05, 0) is 31.9 Å². The van der Waals surface area contributed by atoms with E-state index < -0.39 is 0 Å². The molecule has 0 spiro atoms. The summed E-state index contributed by atoms with van der Waals surface area (Å²) >= 11 is 0. The number of aliphatic imine (C=N–C) groups is 1. The number of carbonyl (C=O) groups excluding carboxylic acids is 1. The maximum atomic E-state index is 11.9. The Bertz CT molecular complexity index is 538. The average Bonchev–Trinajstić information content (AvgIpc) is 2.55. The molecule has 1 aromatic rings. The van der Waals surface area contributed by atoms with E-state index in [2.05, 4.69) is 25.9 Å². The Balaban J connectivity index is 1.69. The smallest absolute Gasteiger partial charge is 0.227 e. The van der Waals surface area contributed by atoms with E-state index in [1.165, 1.54) is 32.1 Å². The molecule has 2 rings (SSSR count). The monoisotopic (exact) mass is 317 g/mol. The third kappa shape index (κ3) is 6.26. The highest BCUT2D eigenvalue weighted by atomic mass is 16.1. The van der Waals surface area contributed by atoms with Crippen molar-refractivity contribution < 1.29 is 4.79 Å². The fourth-order valence-electron chi connectivity index (χ4n) is 2.75. The highest BCUT2D eigenvalue weighted by Crippen LogP contribution is 2.17. The van der Waals surface area contributed by atoms with E-state index in [-0.39, 0.29) is 5.91 Å². The first-order valence-corrected chi connectivity index (χ1v) is 8.38. The number of amides is 1. The molecule has 0 unspecified atom stereocenters. The highest BCUT2D eigenvalue weighted by Gasteiger charge is 2.14. The molecule has 23 heavy (non-hydrogen) atoms. The largest absolute Gasteiger partial charge is 0.356 e. The number of rotatable bonds is 5. The van der Waals surface area contributed by atoms with Crippen LogP contribution in [0.1, 0.15) is 44.2 Å². The van der Waals surface area contributed by atoms with Gasteiger partial charge in [-0.2, -0.15) is 0 Å². The molecule has 1 amide bonds. The Morgan fingerprint density at radius 2 is 2.09 bits per heavy atom. The van der Waals surface area contributed by atoms with Gasteiger partial charge < -0.3 is 16.0 Å². The molecule has 1 saturated carbocycles. The number of aryl methyl sites for hydroxylation is 1.